The molecular formula is C16H19N3O4. The average molecular weight is 317 g/mol. The molecule has 1 saturated heterocycles. The summed E-state index contributed by atoms with van der Waals surface area (Å²) in [5, 5.41) is 14.5. The summed E-state index contributed by atoms with van der Waals surface area (Å²) in [6.07, 6.45) is 2.49. The molecule has 2 aliphatic rings. The lowest BCUT2D eigenvalue weighted by Crippen LogP contribution is -2.31. The zero-order valence-corrected chi connectivity index (χ0v) is 12.6. The van der Waals surface area contributed by atoms with Crippen LogP contribution in [0.1, 0.15) is 29.6 Å². The van der Waals surface area contributed by atoms with Crippen molar-refractivity contribution in [2.45, 2.75) is 25.3 Å². The fourth-order valence-corrected chi connectivity index (χ4v) is 2.64. The molecule has 1 aromatic rings. The van der Waals surface area contributed by atoms with E-state index in [1.807, 2.05) is 0 Å². The van der Waals surface area contributed by atoms with Crippen molar-refractivity contribution in [3.05, 3.63) is 29.8 Å². The first-order valence-electron chi connectivity index (χ1n) is 7.72. The van der Waals surface area contributed by atoms with Crippen molar-refractivity contribution in [2.75, 3.05) is 18.4 Å². The van der Waals surface area contributed by atoms with Crippen LogP contribution in [-0.2, 0) is 4.79 Å². The molecule has 122 valence electrons. The van der Waals surface area contributed by atoms with Gasteiger partial charge < -0.3 is 20.6 Å². The number of urea groups is 1. The second-order valence-electron chi connectivity index (χ2n) is 6.03. The Labute approximate surface area is 133 Å². The van der Waals surface area contributed by atoms with Crippen molar-refractivity contribution in [3.63, 3.8) is 0 Å². The maximum atomic E-state index is 12.4. The van der Waals surface area contributed by atoms with E-state index in [-0.39, 0.29) is 24.5 Å². The molecule has 0 radical (unpaired) electrons. The number of rotatable bonds is 4. The maximum absolute atomic E-state index is 12.4. The quantitative estimate of drug-likeness (QED) is 0.784. The number of carboxylic acids is 1. The molecule has 1 saturated carbocycles. The van der Waals surface area contributed by atoms with Crippen LogP contribution in [0.4, 0.5) is 10.5 Å². The van der Waals surface area contributed by atoms with Gasteiger partial charge in [0.2, 0.25) is 0 Å². The SMILES string of the molecule is O=C(Nc1cccc(C(=O)N2CCC(C(=O)O)C2)c1)NC1CC1. The number of aliphatic carboxylic acids is 1. The van der Waals surface area contributed by atoms with Gasteiger partial charge in [-0.05, 0) is 37.5 Å². The van der Waals surface area contributed by atoms with Crippen molar-refractivity contribution in [1.29, 1.82) is 0 Å². The molecule has 1 aliphatic carbocycles. The molecule has 0 spiro atoms. The zero-order chi connectivity index (χ0) is 16.4. The number of nitrogens with one attached hydrogen (secondary N) is 2. The third-order valence-electron chi connectivity index (χ3n) is 4.10. The summed E-state index contributed by atoms with van der Waals surface area (Å²) < 4.78 is 0. The second kappa shape index (κ2) is 6.28. The Bertz CT molecular complexity index is 642. The number of benzene rings is 1. The molecule has 23 heavy (non-hydrogen) atoms. The smallest absolute Gasteiger partial charge is 0.319 e. The predicted octanol–water partition coefficient (Wildman–Crippen LogP) is 1.52. The highest BCUT2D eigenvalue weighted by molar-refractivity contribution is 5.97. The van der Waals surface area contributed by atoms with Gasteiger partial charge in [-0.1, -0.05) is 6.07 Å². The van der Waals surface area contributed by atoms with E-state index in [2.05, 4.69) is 10.6 Å². The van der Waals surface area contributed by atoms with Gasteiger partial charge in [0.05, 0.1) is 5.92 Å². The van der Waals surface area contributed by atoms with Crippen molar-refractivity contribution in [2.24, 2.45) is 5.92 Å². The highest BCUT2D eigenvalue weighted by atomic mass is 16.4. The highest BCUT2D eigenvalue weighted by Crippen LogP contribution is 2.21. The van der Waals surface area contributed by atoms with Crippen molar-refractivity contribution in [3.8, 4) is 0 Å². The van der Waals surface area contributed by atoms with E-state index in [4.69, 9.17) is 5.11 Å². The highest BCUT2D eigenvalue weighted by Gasteiger charge is 2.31. The van der Waals surface area contributed by atoms with Crippen LogP contribution in [0, 0.1) is 5.92 Å². The number of hydrogen-bond acceptors (Lipinski definition) is 3. The van der Waals surface area contributed by atoms with Gasteiger partial charge in [0, 0.05) is 30.4 Å². The van der Waals surface area contributed by atoms with Crippen molar-refractivity contribution in [1.82, 2.24) is 10.2 Å². The van der Waals surface area contributed by atoms with E-state index in [1.165, 1.54) is 0 Å². The van der Waals surface area contributed by atoms with Crippen molar-refractivity contribution >= 4 is 23.6 Å². The minimum absolute atomic E-state index is 0.208. The third kappa shape index (κ3) is 3.80. The fourth-order valence-electron chi connectivity index (χ4n) is 2.64. The molecule has 1 aromatic carbocycles. The normalized spacial score (nSPS) is 20.2. The predicted molar refractivity (Wildman–Crippen MR) is 83.3 cm³/mol. The Morgan fingerprint density at radius 1 is 1.17 bits per heavy atom. The lowest BCUT2D eigenvalue weighted by Gasteiger charge is -2.16. The van der Waals surface area contributed by atoms with E-state index < -0.39 is 11.9 Å². The van der Waals surface area contributed by atoms with E-state index in [0.717, 1.165) is 12.8 Å². The summed E-state index contributed by atoms with van der Waals surface area (Å²) in [7, 11) is 0. The van der Waals surface area contributed by atoms with Crippen LogP contribution in [0.25, 0.3) is 0 Å². The minimum atomic E-state index is -0.868. The molecule has 3 N–H and O–H groups in total. The lowest BCUT2D eigenvalue weighted by atomic mass is 10.1. The Balaban J connectivity index is 1.63. The molecule has 3 rings (SSSR count). The number of carbonyl (C=O) groups excluding carboxylic acids is 2. The van der Waals surface area contributed by atoms with Crippen LogP contribution in [0.2, 0.25) is 0 Å². The van der Waals surface area contributed by atoms with E-state index in [0.29, 0.717) is 24.2 Å². The summed E-state index contributed by atoms with van der Waals surface area (Å²) in [6.45, 7) is 0.670. The Morgan fingerprint density at radius 2 is 1.96 bits per heavy atom. The maximum Gasteiger partial charge on any atom is 0.319 e. The second-order valence-corrected chi connectivity index (χ2v) is 6.03. The third-order valence-corrected chi connectivity index (χ3v) is 4.10. The average Bonchev–Trinajstić information content (AvgIpc) is 3.18. The summed E-state index contributed by atoms with van der Waals surface area (Å²) in [5.74, 6) is -1.57. The minimum Gasteiger partial charge on any atom is -0.481 e. The van der Waals surface area contributed by atoms with Gasteiger partial charge in [0.25, 0.3) is 5.91 Å². The number of carboxylic acid groups (broad SMARTS) is 1. The largest absolute Gasteiger partial charge is 0.481 e. The molecule has 7 heteroatoms. The summed E-state index contributed by atoms with van der Waals surface area (Å²) in [5.41, 5.74) is 0.989. The summed E-state index contributed by atoms with van der Waals surface area (Å²) in [4.78, 5) is 36.7. The monoisotopic (exact) mass is 317 g/mol. The number of carbonyl (C=O) groups is 3. The number of nitrogens with zero attached hydrogens (tertiary/aromatic N) is 1. The molecule has 1 atom stereocenters. The van der Waals surface area contributed by atoms with Crippen LogP contribution in [0.3, 0.4) is 0 Å². The zero-order valence-electron chi connectivity index (χ0n) is 12.6. The molecule has 0 aromatic heterocycles. The summed E-state index contributed by atoms with van der Waals surface area (Å²) in [6, 6.07) is 6.68. The molecule has 7 nitrogen and oxygen atoms in total. The van der Waals surface area contributed by atoms with Gasteiger partial charge in [0.1, 0.15) is 0 Å². The number of likely N-dealkylation sites (tertiary alicyclic amines) is 1. The van der Waals surface area contributed by atoms with E-state index >= 15 is 0 Å². The summed E-state index contributed by atoms with van der Waals surface area (Å²) >= 11 is 0. The molecule has 0 bridgehead atoms. The Hall–Kier alpha value is -2.57. The molecule has 1 unspecified atom stereocenters. The van der Waals surface area contributed by atoms with Crippen LogP contribution < -0.4 is 10.6 Å². The van der Waals surface area contributed by atoms with Crippen LogP contribution >= 0.6 is 0 Å². The molecule has 1 heterocycles. The Morgan fingerprint density at radius 3 is 2.61 bits per heavy atom. The van der Waals surface area contributed by atoms with Gasteiger partial charge in [-0.25, -0.2) is 4.79 Å². The lowest BCUT2D eigenvalue weighted by molar-refractivity contribution is -0.141. The van der Waals surface area contributed by atoms with Crippen LogP contribution in [0.5, 0.6) is 0 Å². The van der Waals surface area contributed by atoms with Crippen molar-refractivity contribution < 1.29 is 19.5 Å². The number of anilines is 1. The topological polar surface area (TPSA) is 98.7 Å². The molecular weight excluding hydrogens is 298 g/mol. The van der Waals surface area contributed by atoms with Crippen LogP contribution in [-0.4, -0.2) is 47.0 Å². The van der Waals surface area contributed by atoms with Gasteiger partial charge in [0.15, 0.2) is 0 Å². The fraction of sp³-hybridized carbons (Fsp3) is 0.438. The molecule has 2 fully saturated rings. The van der Waals surface area contributed by atoms with E-state index in [1.54, 1.807) is 29.2 Å². The first-order valence-corrected chi connectivity index (χ1v) is 7.72. The standard InChI is InChI=1S/C16H19N3O4/c20-14(19-7-6-11(9-19)15(21)22)10-2-1-3-13(8-10)18-16(23)17-12-4-5-12/h1-3,8,11-12H,4-7,9H2,(H,21,22)(H2,17,18,23). The van der Waals surface area contributed by atoms with Gasteiger partial charge >= 0.3 is 12.0 Å². The first-order chi connectivity index (χ1) is 11.0. The first kappa shape index (κ1) is 15.3. The number of amides is 3. The van der Waals surface area contributed by atoms with E-state index in [9.17, 15) is 14.4 Å². The van der Waals surface area contributed by atoms with Gasteiger partial charge in [-0.2, -0.15) is 0 Å². The number of hydrogen-bond donors (Lipinski definition) is 3. The van der Waals surface area contributed by atoms with Gasteiger partial charge in [-0.15, -0.1) is 0 Å². The van der Waals surface area contributed by atoms with Crippen LogP contribution in [0.15, 0.2) is 24.3 Å². The molecule has 1 aliphatic heterocycles. The Kier molecular flexibility index (Phi) is 4.18. The van der Waals surface area contributed by atoms with Gasteiger partial charge in [-0.3, -0.25) is 9.59 Å². The molecule has 3 amide bonds.